The zero-order chi connectivity index (χ0) is 25.4. The number of allylic oxidation sites excluding steroid dienone is 1. The van der Waals surface area contributed by atoms with Gasteiger partial charge in [0.05, 0.1) is 0 Å². The van der Waals surface area contributed by atoms with Gasteiger partial charge in [0, 0.05) is 0 Å². The first-order valence-electron chi connectivity index (χ1n) is 13.6. The molecule has 2 unspecified atom stereocenters. The molecule has 0 amide bonds. The third kappa shape index (κ3) is 2.92. The molecule has 0 N–H and O–H groups in total. The van der Waals surface area contributed by atoms with Crippen LogP contribution in [0.5, 0.6) is 0 Å². The van der Waals surface area contributed by atoms with Gasteiger partial charge in [0.15, 0.2) is 0 Å². The Balaban J connectivity index is 1.44. The highest BCUT2D eigenvalue weighted by molar-refractivity contribution is 6.26. The third-order valence-corrected chi connectivity index (χ3v) is 8.95. The molecular weight excluding hydrogens is 456 g/mol. The van der Waals surface area contributed by atoms with Crippen molar-refractivity contribution in [2.45, 2.75) is 18.8 Å². The summed E-state index contributed by atoms with van der Waals surface area (Å²) in [7, 11) is 0. The van der Waals surface area contributed by atoms with Gasteiger partial charge in [0.25, 0.3) is 0 Å². The highest BCUT2D eigenvalue weighted by Gasteiger charge is 2.42. The van der Waals surface area contributed by atoms with Gasteiger partial charge < -0.3 is 0 Å². The Hall–Kier alpha value is -4.42. The number of hydrogen-bond acceptors (Lipinski definition) is 0. The highest BCUT2D eigenvalue weighted by Crippen LogP contribution is 2.56. The first-order chi connectivity index (χ1) is 18.8. The topological polar surface area (TPSA) is 0 Å². The van der Waals surface area contributed by atoms with E-state index in [0.29, 0.717) is 11.8 Å². The van der Waals surface area contributed by atoms with Gasteiger partial charge in [-0.25, -0.2) is 0 Å². The fourth-order valence-corrected chi connectivity index (χ4v) is 7.24. The van der Waals surface area contributed by atoms with Crippen molar-refractivity contribution in [1.82, 2.24) is 0 Å². The molecule has 1 saturated carbocycles. The normalized spacial score (nSPS) is 17.6. The molecule has 6 aromatic rings. The molecule has 0 aliphatic heterocycles. The van der Waals surface area contributed by atoms with Gasteiger partial charge in [-0.3, -0.25) is 0 Å². The van der Waals surface area contributed by atoms with Crippen LogP contribution in [0.4, 0.5) is 0 Å². The summed E-state index contributed by atoms with van der Waals surface area (Å²) in [6.45, 7) is 8.44. The van der Waals surface area contributed by atoms with Crippen LogP contribution in [0.25, 0.3) is 61.3 Å². The maximum Gasteiger partial charge on any atom is -0.00130 e. The monoisotopic (exact) mass is 484 g/mol. The van der Waals surface area contributed by atoms with E-state index in [1.54, 1.807) is 0 Å². The molecule has 2 aliphatic carbocycles. The summed E-state index contributed by atoms with van der Waals surface area (Å²) in [6, 6.07) is 31.4. The van der Waals surface area contributed by atoms with Crippen LogP contribution in [-0.4, -0.2) is 0 Å². The zero-order valence-corrected chi connectivity index (χ0v) is 21.4. The van der Waals surface area contributed by atoms with Crippen molar-refractivity contribution in [2.75, 3.05) is 0 Å². The molecule has 6 aromatic carbocycles. The Bertz CT molecular complexity index is 1970. The lowest BCUT2D eigenvalue weighted by Gasteiger charge is -2.22. The van der Waals surface area contributed by atoms with E-state index >= 15 is 0 Å². The van der Waals surface area contributed by atoms with Gasteiger partial charge in [-0.2, -0.15) is 0 Å². The summed E-state index contributed by atoms with van der Waals surface area (Å²) in [5.74, 6) is 1.30. The van der Waals surface area contributed by atoms with Crippen molar-refractivity contribution in [3.8, 4) is 0 Å². The maximum atomic E-state index is 4.23. The SMILES string of the molecule is C=Cc1c2c(c3c(Cc4cccc5c6ccccc6c6ccccc6c45)cccc3c1C=C)C=CC1CC21. The molecule has 0 nitrogen and oxygen atoms in total. The van der Waals surface area contributed by atoms with Gasteiger partial charge >= 0.3 is 0 Å². The molecule has 2 atom stereocenters. The molecule has 38 heavy (non-hydrogen) atoms. The second-order valence-corrected chi connectivity index (χ2v) is 10.9. The van der Waals surface area contributed by atoms with E-state index in [1.807, 2.05) is 6.08 Å². The van der Waals surface area contributed by atoms with Gasteiger partial charge in [0.1, 0.15) is 0 Å². The fraction of sp³-hybridized carbons (Fsp3) is 0.105. The number of fused-ring (bicyclic) bond motifs is 11. The number of rotatable bonds is 4. The molecule has 2 aliphatic rings. The van der Waals surface area contributed by atoms with E-state index in [4.69, 9.17) is 0 Å². The number of benzene rings is 6. The predicted molar refractivity (Wildman–Crippen MR) is 166 cm³/mol. The average Bonchev–Trinajstić information content (AvgIpc) is 3.77. The summed E-state index contributed by atoms with van der Waals surface area (Å²) < 4.78 is 0. The molecule has 0 saturated heterocycles. The van der Waals surface area contributed by atoms with Crippen molar-refractivity contribution in [2.24, 2.45) is 5.92 Å². The Morgan fingerprint density at radius 1 is 0.605 bits per heavy atom. The lowest BCUT2D eigenvalue weighted by atomic mass is 9.81. The predicted octanol–water partition coefficient (Wildman–Crippen LogP) is 10.3. The molecule has 180 valence electrons. The minimum absolute atomic E-state index is 0.618. The Kier molecular flexibility index (Phi) is 4.58. The van der Waals surface area contributed by atoms with Crippen LogP contribution in [0.3, 0.4) is 0 Å². The zero-order valence-electron chi connectivity index (χ0n) is 21.4. The van der Waals surface area contributed by atoms with E-state index in [2.05, 4.69) is 116 Å². The van der Waals surface area contributed by atoms with Crippen LogP contribution in [0.15, 0.2) is 104 Å². The quantitative estimate of drug-likeness (QED) is 0.218. The fourth-order valence-electron chi connectivity index (χ4n) is 7.24. The van der Waals surface area contributed by atoms with E-state index < -0.39 is 0 Å². The lowest BCUT2D eigenvalue weighted by Crippen LogP contribution is -2.03. The second-order valence-electron chi connectivity index (χ2n) is 10.9. The Morgan fingerprint density at radius 3 is 1.82 bits per heavy atom. The van der Waals surface area contributed by atoms with Crippen LogP contribution in [-0.2, 0) is 6.42 Å². The summed E-state index contributed by atoms with van der Waals surface area (Å²) in [4.78, 5) is 0. The van der Waals surface area contributed by atoms with Gasteiger partial charge in [-0.05, 0) is 101 Å². The maximum absolute atomic E-state index is 4.23. The molecule has 0 bridgehead atoms. The summed E-state index contributed by atoms with van der Waals surface area (Å²) in [5, 5.41) is 10.7. The Labute approximate surface area is 223 Å². The van der Waals surface area contributed by atoms with Crippen LogP contribution in [0.2, 0.25) is 0 Å². The highest BCUT2D eigenvalue weighted by atomic mass is 14.5. The molecule has 0 spiro atoms. The molecule has 8 rings (SSSR count). The Morgan fingerprint density at radius 2 is 1.16 bits per heavy atom. The average molecular weight is 485 g/mol. The van der Waals surface area contributed by atoms with E-state index in [1.165, 1.54) is 82.9 Å². The molecule has 0 heterocycles. The van der Waals surface area contributed by atoms with Gasteiger partial charge in [-0.15, -0.1) is 0 Å². The van der Waals surface area contributed by atoms with E-state index in [0.717, 1.165) is 6.42 Å². The van der Waals surface area contributed by atoms with Crippen molar-refractivity contribution in [3.63, 3.8) is 0 Å². The van der Waals surface area contributed by atoms with Crippen LogP contribution < -0.4 is 0 Å². The first kappa shape index (κ1) is 21.6. The summed E-state index contributed by atoms with van der Waals surface area (Å²) in [6.07, 6.45) is 11.0. The van der Waals surface area contributed by atoms with Gasteiger partial charge in [-0.1, -0.05) is 122 Å². The van der Waals surface area contributed by atoms with Crippen LogP contribution in [0, 0.1) is 5.92 Å². The molecule has 0 aromatic heterocycles. The number of hydrogen-bond donors (Lipinski definition) is 0. The molecule has 1 fully saturated rings. The minimum atomic E-state index is 0.618. The molecule has 0 heteroatoms. The van der Waals surface area contributed by atoms with Crippen LogP contribution >= 0.6 is 0 Å². The smallest absolute Gasteiger partial charge is 0.00130 e. The van der Waals surface area contributed by atoms with E-state index in [-0.39, 0.29) is 0 Å². The van der Waals surface area contributed by atoms with Gasteiger partial charge in [0.2, 0.25) is 0 Å². The van der Waals surface area contributed by atoms with Crippen molar-refractivity contribution >= 4 is 61.3 Å². The third-order valence-electron chi connectivity index (χ3n) is 8.95. The summed E-state index contributed by atoms with van der Waals surface area (Å²) >= 11 is 0. The van der Waals surface area contributed by atoms with Crippen molar-refractivity contribution < 1.29 is 0 Å². The standard InChI is InChI=1S/C38H28/c1-3-26-27(4-2)38-34(20-19-23-22-35(23)38)37-25(12-9-17-31(26)37)21-24-11-10-18-33-30-14-6-5-13-28(30)29-15-7-8-16-32(29)36(24)33/h3-20,23,35H,1-2,21-22H2. The molecule has 0 radical (unpaired) electrons. The second kappa shape index (κ2) is 8.04. The summed E-state index contributed by atoms with van der Waals surface area (Å²) in [5.41, 5.74) is 8.14. The lowest BCUT2D eigenvalue weighted by molar-refractivity contribution is 0.995. The van der Waals surface area contributed by atoms with Crippen LogP contribution in [0.1, 0.15) is 45.7 Å². The molecular formula is C38H28. The van der Waals surface area contributed by atoms with Crippen molar-refractivity contribution in [1.29, 1.82) is 0 Å². The first-order valence-corrected chi connectivity index (χ1v) is 13.6. The van der Waals surface area contributed by atoms with E-state index in [9.17, 15) is 0 Å². The largest absolute Gasteiger partial charge is 0.0984 e. The minimum Gasteiger partial charge on any atom is -0.0984 e. The van der Waals surface area contributed by atoms with Crippen molar-refractivity contribution in [3.05, 3.63) is 138 Å².